The SMILES string of the molecule is CCNC(=NCC(c1ccccc1OC)N(C)C)N1CCC(OCCCOC)CC1.I. The van der Waals surface area contributed by atoms with Crippen LogP contribution in [0, 0.1) is 0 Å². The summed E-state index contributed by atoms with van der Waals surface area (Å²) in [5, 5.41) is 3.47. The molecule has 1 aliphatic rings. The zero-order valence-corrected chi connectivity index (χ0v) is 22.1. The van der Waals surface area contributed by atoms with Gasteiger partial charge in [-0.25, -0.2) is 0 Å². The summed E-state index contributed by atoms with van der Waals surface area (Å²) in [6, 6.07) is 8.35. The molecular weight excluding hydrogens is 507 g/mol. The van der Waals surface area contributed by atoms with Crippen LogP contribution in [0.5, 0.6) is 5.75 Å². The van der Waals surface area contributed by atoms with Gasteiger partial charge in [-0.15, -0.1) is 24.0 Å². The third-order valence-corrected chi connectivity index (χ3v) is 5.46. The van der Waals surface area contributed by atoms with Crippen LogP contribution in [-0.4, -0.2) is 89.6 Å². The molecule has 31 heavy (non-hydrogen) atoms. The number of likely N-dealkylation sites (N-methyl/N-ethyl adjacent to an activating group) is 1. The van der Waals surface area contributed by atoms with Gasteiger partial charge in [-0.3, -0.25) is 4.99 Å². The van der Waals surface area contributed by atoms with E-state index in [0.717, 1.165) is 69.4 Å². The van der Waals surface area contributed by atoms with Gasteiger partial charge in [0.05, 0.1) is 25.8 Å². The maximum absolute atomic E-state index is 6.00. The van der Waals surface area contributed by atoms with Crippen molar-refractivity contribution in [1.82, 2.24) is 15.1 Å². The first-order valence-corrected chi connectivity index (χ1v) is 11.0. The molecule has 0 radical (unpaired) electrons. The molecule has 1 saturated heterocycles. The van der Waals surface area contributed by atoms with Crippen molar-refractivity contribution in [3.05, 3.63) is 29.8 Å². The van der Waals surface area contributed by atoms with E-state index < -0.39 is 0 Å². The first-order valence-electron chi connectivity index (χ1n) is 11.0. The monoisotopic (exact) mass is 548 g/mol. The molecule has 0 amide bonds. The lowest BCUT2D eigenvalue weighted by molar-refractivity contribution is 0.00989. The standard InChI is InChI=1S/C23H40N4O3.HI/c1-6-24-23(27-14-12-19(13-15-27)30-17-9-16-28-4)25-18-21(26(2)3)20-10-7-8-11-22(20)29-5;/h7-8,10-11,19,21H,6,9,12-18H2,1-5H3,(H,24,25);1H. The number of likely N-dealkylation sites (tertiary alicyclic amines) is 1. The number of piperidine rings is 1. The zero-order chi connectivity index (χ0) is 21.8. The number of guanidine groups is 1. The number of rotatable bonds is 11. The van der Waals surface area contributed by atoms with E-state index in [1.807, 2.05) is 12.1 Å². The fraction of sp³-hybridized carbons (Fsp3) is 0.696. The quantitative estimate of drug-likeness (QED) is 0.198. The van der Waals surface area contributed by atoms with Crippen LogP contribution in [0.3, 0.4) is 0 Å². The number of ether oxygens (including phenoxy) is 3. The van der Waals surface area contributed by atoms with Gasteiger partial charge in [0.1, 0.15) is 5.75 Å². The van der Waals surface area contributed by atoms with Gasteiger partial charge in [-0.05, 0) is 46.3 Å². The van der Waals surface area contributed by atoms with Gasteiger partial charge >= 0.3 is 0 Å². The average Bonchev–Trinajstić information content (AvgIpc) is 2.76. The van der Waals surface area contributed by atoms with E-state index in [1.54, 1.807) is 14.2 Å². The molecule has 1 unspecified atom stereocenters. The maximum atomic E-state index is 6.00. The Balaban J connectivity index is 0.00000480. The molecule has 1 atom stereocenters. The molecule has 1 aromatic carbocycles. The fourth-order valence-corrected chi connectivity index (χ4v) is 3.77. The first kappa shape index (κ1) is 27.9. The smallest absolute Gasteiger partial charge is 0.193 e. The lowest BCUT2D eigenvalue weighted by Crippen LogP contribution is -2.47. The Morgan fingerprint density at radius 3 is 2.52 bits per heavy atom. The van der Waals surface area contributed by atoms with Crippen LogP contribution in [0.15, 0.2) is 29.3 Å². The molecule has 8 heteroatoms. The highest BCUT2D eigenvalue weighted by Crippen LogP contribution is 2.28. The van der Waals surface area contributed by atoms with Gasteiger partial charge in [0, 0.05) is 45.5 Å². The van der Waals surface area contributed by atoms with Gasteiger partial charge in [0.15, 0.2) is 5.96 Å². The van der Waals surface area contributed by atoms with E-state index in [0.29, 0.717) is 12.6 Å². The predicted octanol–water partition coefficient (Wildman–Crippen LogP) is 3.40. The Morgan fingerprint density at radius 2 is 1.90 bits per heavy atom. The van der Waals surface area contributed by atoms with Crippen LogP contribution in [0.4, 0.5) is 0 Å². The molecule has 0 aliphatic carbocycles. The highest BCUT2D eigenvalue weighted by atomic mass is 127. The largest absolute Gasteiger partial charge is 0.496 e. The van der Waals surface area contributed by atoms with Crippen LogP contribution in [0.25, 0.3) is 0 Å². The molecule has 1 heterocycles. The summed E-state index contributed by atoms with van der Waals surface area (Å²) in [6.45, 7) is 7.09. The van der Waals surface area contributed by atoms with Crippen LogP contribution >= 0.6 is 24.0 Å². The molecule has 7 nitrogen and oxygen atoms in total. The molecule has 1 fully saturated rings. The lowest BCUT2D eigenvalue weighted by Gasteiger charge is -2.34. The molecule has 1 N–H and O–H groups in total. The highest BCUT2D eigenvalue weighted by Gasteiger charge is 2.23. The number of hydrogen-bond acceptors (Lipinski definition) is 5. The van der Waals surface area contributed by atoms with Crippen molar-refractivity contribution in [2.45, 2.75) is 38.3 Å². The molecule has 0 aromatic heterocycles. The number of hydrogen-bond donors (Lipinski definition) is 1. The van der Waals surface area contributed by atoms with E-state index in [4.69, 9.17) is 19.2 Å². The normalized spacial score (nSPS) is 16.2. The Bertz CT molecular complexity index is 637. The summed E-state index contributed by atoms with van der Waals surface area (Å²) in [5.41, 5.74) is 1.16. The minimum atomic E-state index is 0. The second-order valence-electron chi connectivity index (χ2n) is 7.82. The van der Waals surface area contributed by atoms with Gasteiger partial charge in [-0.2, -0.15) is 0 Å². The Hall–Kier alpha value is -1.10. The van der Waals surface area contributed by atoms with E-state index in [1.165, 1.54) is 0 Å². The second-order valence-corrected chi connectivity index (χ2v) is 7.82. The summed E-state index contributed by atoms with van der Waals surface area (Å²) in [5.74, 6) is 1.89. The summed E-state index contributed by atoms with van der Waals surface area (Å²) < 4.78 is 16.7. The van der Waals surface area contributed by atoms with Gasteiger partial charge in [0.25, 0.3) is 0 Å². The van der Waals surface area contributed by atoms with E-state index in [9.17, 15) is 0 Å². The maximum Gasteiger partial charge on any atom is 0.193 e. The molecule has 1 aromatic rings. The lowest BCUT2D eigenvalue weighted by atomic mass is 10.0. The molecule has 2 rings (SSSR count). The van der Waals surface area contributed by atoms with Crippen LogP contribution in [0.1, 0.15) is 37.8 Å². The highest BCUT2D eigenvalue weighted by molar-refractivity contribution is 14.0. The summed E-state index contributed by atoms with van der Waals surface area (Å²) in [6.07, 6.45) is 3.35. The van der Waals surface area contributed by atoms with E-state index in [-0.39, 0.29) is 30.0 Å². The van der Waals surface area contributed by atoms with Crippen molar-refractivity contribution in [2.75, 3.05) is 67.7 Å². The predicted molar refractivity (Wildman–Crippen MR) is 138 cm³/mol. The minimum Gasteiger partial charge on any atom is -0.496 e. The number of benzene rings is 1. The number of para-hydroxylation sites is 1. The molecule has 1 aliphatic heterocycles. The molecule has 178 valence electrons. The second kappa shape index (κ2) is 15.7. The van der Waals surface area contributed by atoms with Crippen molar-refractivity contribution in [3.63, 3.8) is 0 Å². The Kier molecular flexibility index (Phi) is 14.1. The first-order chi connectivity index (χ1) is 14.6. The van der Waals surface area contributed by atoms with Crippen LogP contribution in [-0.2, 0) is 9.47 Å². The molecular formula is C23H41IN4O3. The molecule has 0 bridgehead atoms. The van der Waals surface area contributed by atoms with Crippen molar-refractivity contribution < 1.29 is 14.2 Å². The number of aliphatic imine (C=N–C) groups is 1. The van der Waals surface area contributed by atoms with Crippen molar-refractivity contribution in [1.29, 1.82) is 0 Å². The average molecular weight is 549 g/mol. The fourth-order valence-electron chi connectivity index (χ4n) is 3.77. The molecule has 0 saturated carbocycles. The Morgan fingerprint density at radius 1 is 1.19 bits per heavy atom. The van der Waals surface area contributed by atoms with Crippen molar-refractivity contribution in [2.24, 2.45) is 4.99 Å². The van der Waals surface area contributed by atoms with E-state index >= 15 is 0 Å². The van der Waals surface area contributed by atoms with E-state index in [2.05, 4.69) is 48.3 Å². The Labute approximate surface area is 205 Å². The van der Waals surface area contributed by atoms with Gasteiger partial charge in [-0.1, -0.05) is 18.2 Å². The summed E-state index contributed by atoms with van der Waals surface area (Å²) in [7, 11) is 7.63. The summed E-state index contributed by atoms with van der Waals surface area (Å²) >= 11 is 0. The third-order valence-electron chi connectivity index (χ3n) is 5.46. The minimum absolute atomic E-state index is 0. The van der Waals surface area contributed by atoms with Crippen molar-refractivity contribution >= 4 is 29.9 Å². The molecule has 0 spiro atoms. The number of nitrogens with one attached hydrogen (secondary N) is 1. The van der Waals surface area contributed by atoms with Gasteiger partial charge in [0.2, 0.25) is 0 Å². The third kappa shape index (κ3) is 9.11. The van der Waals surface area contributed by atoms with Gasteiger partial charge < -0.3 is 29.3 Å². The van der Waals surface area contributed by atoms with Crippen molar-refractivity contribution in [3.8, 4) is 5.75 Å². The van der Waals surface area contributed by atoms with Crippen LogP contribution < -0.4 is 10.1 Å². The number of methoxy groups -OCH3 is 2. The van der Waals surface area contributed by atoms with Crippen LogP contribution in [0.2, 0.25) is 0 Å². The topological polar surface area (TPSA) is 58.6 Å². The number of nitrogens with zero attached hydrogens (tertiary/aromatic N) is 3. The number of halogens is 1. The summed E-state index contributed by atoms with van der Waals surface area (Å²) in [4.78, 5) is 9.55. The zero-order valence-electron chi connectivity index (χ0n) is 19.8.